The van der Waals surface area contributed by atoms with Gasteiger partial charge in [-0.3, -0.25) is 10.1 Å². The summed E-state index contributed by atoms with van der Waals surface area (Å²) < 4.78 is 0.261. The molecule has 0 atom stereocenters. The van der Waals surface area contributed by atoms with Crippen LogP contribution >= 0.6 is 15.9 Å². The molecule has 4 nitrogen and oxygen atoms in total. The van der Waals surface area contributed by atoms with Gasteiger partial charge in [-0.1, -0.05) is 27.7 Å². The van der Waals surface area contributed by atoms with Crippen LogP contribution in [0, 0.1) is 17.0 Å². The van der Waals surface area contributed by atoms with Gasteiger partial charge in [-0.05, 0) is 6.92 Å². The predicted octanol–water partition coefficient (Wildman–Crippen LogP) is 1.74. The highest BCUT2D eigenvalue weighted by atomic mass is 79.9. The van der Waals surface area contributed by atoms with E-state index in [9.17, 15) is 15.2 Å². The van der Waals surface area contributed by atoms with Crippen molar-refractivity contribution in [2.75, 3.05) is 0 Å². The summed E-state index contributed by atoms with van der Waals surface area (Å²) in [7, 11) is 0. The molecule has 0 aliphatic rings. The smallest absolute Gasteiger partial charge is 0.273 e. The first-order valence-electron chi connectivity index (χ1n) is 3.14. The highest BCUT2D eigenvalue weighted by Gasteiger charge is 2.11. The van der Waals surface area contributed by atoms with Crippen LogP contribution in [0.15, 0.2) is 16.6 Å². The highest BCUT2D eigenvalue weighted by molar-refractivity contribution is 9.10. The summed E-state index contributed by atoms with van der Waals surface area (Å²) in [5.41, 5.74) is 0.328. The van der Waals surface area contributed by atoms with E-state index in [-0.39, 0.29) is 15.9 Å². The lowest BCUT2D eigenvalue weighted by atomic mass is 10.2. The van der Waals surface area contributed by atoms with Crippen molar-refractivity contribution in [2.45, 2.75) is 6.92 Å². The third-order valence-electron chi connectivity index (χ3n) is 1.52. The quantitative estimate of drug-likeness (QED) is 0.546. The fourth-order valence-corrected chi connectivity index (χ4v) is 1.18. The summed E-state index contributed by atoms with van der Waals surface area (Å²) in [4.78, 5) is 9.85. The molecule has 1 aromatic carbocycles. The second-order valence-corrected chi connectivity index (χ2v) is 3.07. The van der Waals surface area contributed by atoms with Crippen LogP contribution < -0.4 is 5.11 Å². The molecule has 0 unspecified atom stereocenters. The molecule has 0 saturated carbocycles. The van der Waals surface area contributed by atoms with Crippen molar-refractivity contribution in [3.8, 4) is 5.75 Å². The first kappa shape index (κ1) is 8.99. The Hall–Kier alpha value is -1.10. The van der Waals surface area contributed by atoms with Crippen molar-refractivity contribution in [2.24, 2.45) is 0 Å². The molecule has 1 rings (SSSR count). The standard InChI is InChI=1S/C7H6BrNO3/c1-4-5(9(11)12)2-3-6(10)7(4)8/h2-3,10H,1H3/p-1. The summed E-state index contributed by atoms with van der Waals surface area (Å²) in [5.74, 6) is -0.238. The Labute approximate surface area is 77.1 Å². The molecule has 0 aliphatic heterocycles. The topological polar surface area (TPSA) is 66.2 Å². The normalized spacial score (nSPS) is 9.83. The first-order chi connectivity index (χ1) is 5.54. The molecule has 0 amide bonds. The summed E-state index contributed by atoms with van der Waals surface area (Å²) >= 11 is 2.98. The van der Waals surface area contributed by atoms with Crippen LogP contribution in [-0.4, -0.2) is 4.92 Å². The van der Waals surface area contributed by atoms with E-state index in [1.54, 1.807) is 0 Å². The van der Waals surface area contributed by atoms with Gasteiger partial charge in [-0.2, -0.15) is 0 Å². The van der Waals surface area contributed by atoms with Crippen LogP contribution in [0.3, 0.4) is 0 Å². The Balaban J connectivity index is 3.36. The van der Waals surface area contributed by atoms with Crippen LogP contribution in [0.1, 0.15) is 5.56 Å². The molecule has 0 bridgehead atoms. The molecule has 5 heteroatoms. The molecular weight excluding hydrogens is 226 g/mol. The van der Waals surface area contributed by atoms with Gasteiger partial charge in [0.15, 0.2) is 0 Å². The van der Waals surface area contributed by atoms with Gasteiger partial charge >= 0.3 is 0 Å². The summed E-state index contributed by atoms with van der Waals surface area (Å²) in [6.45, 7) is 1.53. The van der Waals surface area contributed by atoms with E-state index < -0.39 is 4.92 Å². The Kier molecular flexibility index (Phi) is 2.32. The van der Waals surface area contributed by atoms with Gasteiger partial charge < -0.3 is 5.11 Å². The number of rotatable bonds is 1. The zero-order valence-corrected chi connectivity index (χ0v) is 7.79. The molecule has 0 heterocycles. The Bertz CT molecular complexity index is 338. The van der Waals surface area contributed by atoms with E-state index in [0.717, 1.165) is 0 Å². The minimum Gasteiger partial charge on any atom is -0.872 e. The molecule has 64 valence electrons. The van der Waals surface area contributed by atoms with Crippen molar-refractivity contribution in [3.05, 3.63) is 32.3 Å². The lowest BCUT2D eigenvalue weighted by molar-refractivity contribution is -0.385. The molecule has 12 heavy (non-hydrogen) atoms. The number of nitrogens with zero attached hydrogens (tertiary/aromatic N) is 1. The van der Waals surface area contributed by atoms with Gasteiger partial charge in [0.05, 0.1) is 4.92 Å². The zero-order valence-electron chi connectivity index (χ0n) is 6.20. The minimum atomic E-state index is -0.514. The Morgan fingerprint density at radius 3 is 2.58 bits per heavy atom. The lowest BCUT2D eigenvalue weighted by Crippen LogP contribution is -1.97. The average Bonchev–Trinajstić information content (AvgIpc) is 2.00. The Morgan fingerprint density at radius 2 is 2.08 bits per heavy atom. The molecule has 0 radical (unpaired) electrons. The summed E-state index contributed by atoms with van der Waals surface area (Å²) in [5, 5.41) is 21.3. The van der Waals surface area contributed by atoms with Gasteiger partial charge in [0.2, 0.25) is 0 Å². The van der Waals surface area contributed by atoms with Crippen LogP contribution in [0.4, 0.5) is 5.69 Å². The first-order valence-corrected chi connectivity index (χ1v) is 3.94. The largest absolute Gasteiger partial charge is 0.872 e. The fraction of sp³-hybridized carbons (Fsp3) is 0.143. The minimum absolute atomic E-state index is 0.0403. The fourth-order valence-electron chi connectivity index (χ4n) is 0.848. The average molecular weight is 231 g/mol. The van der Waals surface area contributed by atoms with Crippen LogP contribution in [-0.2, 0) is 0 Å². The van der Waals surface area contributed by atoms with E-state index in [1.807, 2.05) is 0 Å². The van der Waals surface area contributed by atoms with Gasteiger partial charge in [0.1, 0.15) is 0 Å². The van der Waals surface area contributed by atoms with E-state index in [1.165, 1.54) is 19.1 Å². The molecule has 0 fully saturated rings. The third kappa shape index (κ3) is 1.40. The molecule has 1 aromatic rings. The maximum absolute atomic E-state index is 10.9. The van der Waals surface area contributed by atoms with E-state index in [2.05, 4.69) is 15.9 Å². The molecule has 0 aromatic heterocycles. The summed E-state index contributed by atoms with van der Waals surface area (Å²) in [6.07, 6.45) is 0. The van der Waals surface area contributed by atoms with Crippen LogP contribution in [0.2, 0.25) is 0 Å². The molecular formula is C7H5BrNO3-. The molecule has 0 aliphatic carbocycles. The summed E-state index contributed by atoms with van der Waals surface area (Å²) in [6, 6.07) is 2.39. The maximum Gasteiger partial charge on any atom is 0.273 e. The van der Waals surface area contributed by atoms with Crippen molar-refractivity contribution < 1.29 is 10.0 Å². The number of nitro groups is 1. The number of nitro benzene ring substituents is 1. The monoisotopic (exact) mass is 230 g/mol. The number of hydrogen-bond donors (Lipinski definition) is 0. The van der Waals surface area contributed by atoms with E-state index in [0.29, 0.717) is 5.56 Å². The van der Waals surface area contributed by atoms with Crippen LogP contribution in [0.5, 0.6) is 5.75 Å². The molecule has 0 spiro atoms. The van der Waals surface area contributed by atoms with Gasteiger partial charge in [-0.25, -0.2) is 0 Å². The van der Waals surface area contributed by atoms with Gasteiger partial charge in [-0.15, -0.1) is 0 Å². The second kappa shape index (κ2) is 3.10. The number of hydrogen-bond acceptors (Lipinski definition) is 3. The van der Waals surface area contributed by atoms with Crippen LogP contribution in [0.25, 0.3) is 0 Å². The van der Waals surface area contributed by atoms with Gasteiger partial charge in [0.25, 0.3) is 5.69 Å². The second-order valence-electron chi connectivity index (χ2n) is 2.28. The lowest BCUT2D eigenvalue weighted by Gasteiger charge is -2.09. The zero-order chi connectivity index (χ0) is 9.30. The van der Waals surface area contributed by atoms with E-state index >= 15 is 0 Å². The molecule has 0 saturated heterocycles. The van der Waals surface area contributed by atoms with Gasteiger partial charge in [0, 0.05) is 16.1 Å². The Morgan fingerprint density at radius 1 is 1.50 bits per heavy atom. The molecule has 0 N–H and O–H groups in total. The van der Waals surface area contributed by atoms with Crippen molar-refractivity contribution in [1.29, 1.82) is 0 Å². The van der Waals surface area contributed by atoms with Crippen molar-refractivity contribution >= 4 is 21.6 Å². The van der Waals surface area contributed by atoms with Crippen molar-refractivity contribution in [3.63, 3.8) is 0 Å². The van der Waals surface area contributed by atoms with Crippen molar-refractivity contribution in [1.82, 2.24) is 0 Å². The number of halogens is 1. The third-order valence-corrected chi connectivity index (χ3v) is 2.50. The predicted molar refractivity (Wildman–Crippen MR) is 45.0 cm³/mol. The SMILES string of the molecule is Cc1c([N+](=O)[O-])ccc([O-])c1Br. The number of benzene rings is 1. The maximum atomic E-state index is 10.9. The highest BCUT2D eigenvalue weighted by Crippen LogP contribution is 2.31. The van der Waals surface area contributed by atoms with E-state index in [4.69, 9.17) is 0 Å².